The molecule has 0 unspecified atom stereocenters. The monoisotopic (exact) mass is 420 g/mol. The molecule has 0 bridgehead atoms. The van der Waals surface area contributed by atoms with E-state index >= 15 is 0 Å². The molecule has 1 aliphatic carbocycles. The van der Waals surface area contributed by atoms with Crippen LogP contribution in [0.15, 0.2) is 41.9 Å². The van der Waals surface area contributed by atoms with Gasteiger partial charge in [0.25, 0.3) is 0 Å². The Balaban J connectivity index is 1.53. The number of quaternary nitrogens is 1. The van der Waals surface area contributed by atoms with Crippen LogP contribution in [0.2, 0.25) is 0 Å². The first-order valence-electron chi connectivity index (χ1n) is 10.9. The Morgan fingerprint density at radius 3 is 2.87 bits per heavy atom. The second-order valence-electron chi connectivity index (χ2n) is 8.43. The maximum absolute atomic E-state index is 14.6. The van der Waals surface area contributed by atoms with Gasteiger partial charge in [-0.25, -0.2) is 18.9 Å². The van der Waals surface area contributed by atoms with E-state index in [9.17, 15) is 4.39 Å². The van der Waals surface area contributed by atoms with Crippen LogP contribution in [0.1, 0.15) is 31.5 Å². The number of benzene rings is 1. The number of aromatic nitrogens is 4. The molecule has 1 saturated carbocycles. The molecule has 3 aromatic rings. The number of hydrogen-bond acceptors (Lipinski definition) is 5. The van der Waals surface area contributed by atoms with E-state index in [0.717, 1.165) is 42.3 Å². The van der Waals surface area contributed by atoms with Crippen LogP contribution in [-0.4, -0.2) is 45.4 Å². The molecule has 2 aromatic heterocycles. The van der Waals surface area contributed by atoms with Crippen LogP contribution in [-0.2, 0) is 0 Å². The number of nitrogens with two attached hydrogens (primary N) is 1. The third-order valence-electron chi connectivity index (χ3n) is 6.52. The molecule has 2 aliphatic rings. The minimum absolute atomic E-state index is 0.309. The third kappa shape index (κ3) is 3.61. The largest absolute Gasteiger partial charge is 0.345 e. The Kier molecular flexibility index (Phi) is 5.23. The zero-order valence-electron chi connectivity index (χ0n) is 17.7. The van der Waals surface area contributed by atoms with Gasteiger partial charge in [-0.05, 0) is 38.3 Å². The predicted octanol–water partition coefficient (Wildman–Crippen LogP) is 2.72. The van der Waals surface area contributed by atoms with Crippen molar-refractivity contribution in [2.24, 2.45) is 5.92 Å². The fourth-order valence-corrected chi connectivity index (χ4v) is 4.51. The van der Waals surface area contributed by atoms with Gasteiger partial charge in [0.2, 0.25) is 0 Å². The lowest BCUT2D eigenvalue weighted by Crippen LogP contribution is -2.86. The van der Waals surface area contributed by atoms with Crippen molar-refractivity contribution >= 4 is 17.5 Å². The number of nitrogens with zero attached hydrogens (tertiary/aromatic N) is 5. The van der Waals surface area contributed by atoms with E-state index in [0.29, 0.717) is 23.6 Å². The molecule has 8 heteroatoms. The van der Waals surface area contributed by atoms with E-state index in [2.05, 4.69) is 25.3 Å². The van der Waals surface area contributed by atoms with Gasteiger partial charge in [0, 0.05) is 29.8 Å². The van der Waals surface area contributed by atoms with Crippen LogP contribution < -0.4 is 10.2 Å². The lowest BCUT2D eigenvalue weighted by Gasteiger charge is -2.31. The van der Waals surface area contributed by atoms with Crippen molar-refractivity contribution in [2.75, 3.05) is 24.5 Å². The average molecular weight is 421 g/mol. The van der Waals surface area contributed by atoms with Crippen molar-refractivity contribution in [3.05, 3.63) is 53.5 Å². The van der Waals surface area contributed by atoms with Crippen molar-refractivity contribution < 1.29 is 9.71 Å². The molecule has 5 rings (SSSR count). The first-order chi connectivity index (χ1) is 15.2. The van der Waals surface area contributed by atoms with Gasteiger partial charge in [-0.15, -0.1) is 0 Å². The topological polar surface area (TPSA) is 86.8 Å². The van der Waals surface area contributed by atoms with Gasteiger partial charge in [-0.1, -0.05) is 18.6 Å². The van der Waals surface area contributed by atoms with E-state index < -0.39 is 0 Å². The Labute approximate surface area is 180 Å². The number of aryl methyl sites for hydroxylation is 1. The first-order valence-corrected chi connectivity index (χ1v) is 10.9. The van der Waals surface area contributed by atoms with Crippen LogP contribution in [0.5, 0.6) is 0 Å². The van der Waals surface area contributed by atoms with Gasteiger partial charge in [0.15, 0.2) is 5.82 Å². The molecule has 0 amide bonds. The fraction of sp³-hybridized carbons (Fsp3) is 0.391. The Bertz CT molecular complexity index is 1160. The minimum Gasteiger partial charge on any atom is -0.345 e. The lowest BCUT2D eigenvalue weighted by molar-refractivity contribution is -0.615. The number of hydrogen-bond donors (Lipinski definition) is 2. The molecular formula is C23H27FN7+. The molecule has 3 heterocycles. The highest BCUT2D eigenvalue weighted by atomic mass is 19.1. The van der Waals surface area contributed by atoms with E-state index in [1.807, 2.05) is 13.0 Å². The SMILES string of the molecule is Cc1nc(-c2ccccc2F)c2c(N3CCC(C=N)=C([NH2+]CC4CCC4)C3)ncnn12. The van der Waals surface area contributed by atoms with E-state index in [1.54, 1.807) is 16.6 Å². The molecule has 3 N–H and O–H groups in total. The minimum atomic E-state index is -0.309. The number of rotatable bonds is 6. The van der Waals surface area contributed by atoms with Crippen molar-refractivity contribution in [2.45, 2.75) is 32.6 Å². The van der Waals surface area contributed by atoms with Gasteiger partial charge < -0.3 is 15.6 Å². The summed E-state index contributed by atoms with van der Waals surface area (Å²) in [5.74, 6) is 1.93. The van der Waals surface area contributed by atoms with Gasteiger partial charge in [0.05, 0.1) is 13.1 Å². The van der Waals surface area contributed by atoms with Crippen LogP contribution in [0.4, 0.5) is 10.2 Å². The smallest absolute Gasteiger partial charge is 0.159 e. The highest BCUT2D eigenvalue weighted by Gasteiger charge is 2.28. The zero-order valence-corrected chi connectivity index (χ0v) is 17.7. The van der Waals surface area contributed by atoms with Crippen molar-refractivity contribution in [1.82, 2.24) is 19.6 Å². The third-order valence-corrected chi connectivity index (χ3v) is 6.52. The number of fused-ring (bicyclic) bond motifs is 1. The highest BCUT2D eigenvalue weighted by Crippen LogP contribution is 2.33. The van der Waals surface area contributed by atoms with Crippen LogP contribution in [0.3, 0.4) is 0 Å². The molecule has 1 fully saturated rings. The summed E-state index contributed by atoms with van der Waals surface area (Å²) in [6.45, 7) is 4.38. The normalized spacial score (nSPS) is 17.3. The first kappa shape index (κ1) is 19.8. The molecule has 0 spiro atoms. The van der Waals surface area contributed by atoms with E-state index in [-0.39, 0.29) is 5.82 Å². The van der Waals surface area contributed by atoms with Crippen molar-refractivity contribution in [1.29, 1.82) is 5.41 Å². The molecular weight excluding hydrogens is 393 g/mol. The van der Waals surface area contributed by atoms with Gasteiger partial charge in [-0.3, -0.25) is 0 Å². The maximum Gasteiger partial charge on any atom is 0.159 e. The molecule has 0 atom stereocenters. The second-order valence-corrected chi connectivity index (χ2v) is 8.43. The van der Waals surface area contributed by atoms with Crippen molar-refractivity contribution in [3.63, 3.8) is 0 Å². The Morgan fingerprint density at radius 2 is 2.13 bits per heavy atom. The molecule has 7 nitrogen and oxygen atoms in total. The Hall–Kier alpha value is -3.13. The summed E-state index contributed by atoms with van der Waals surface area (Å²) in [4.78, 5) is 11.5. The van der Waals surface area contributed by atoms with E-state index in [4.69, 9.17) is 5.41 Å². The summed E-state index contributed by atoms with van der Waals surface area (Å²) in [5, 5.41) is 14.5. The summed E-state index contributed by atoms with van der Waals surface area (Å²) in [6, 6.07) is 6.69. The van der Waals surface area contributed by atoms with Gasteiger partial charge in [0.1, 0.15) is 34.9 Å². The zero-order chi connectivity index (χ0) is 21.4. The molecule has 160 valence electrons. The standard InChI is InChI=1S/C23H26FN7/c1-15-29-21(18-7-2-3-8-19(18)24)22-23(27-14-28-31(15)22)30-10-9-17(11-25)20(13-30)26-12-16-5-4-6-16/h2-3,7-8,11,14,16,25-26H,4-6,9-10,12-13H2,1H3/p+1. The maximum atomic E-state index is 14.6. The molecule has 1 aliphatic heterocycles. The van der Waals surface area contributed by atoms with Crippen LogP contribution in [0.25, 0.3) is 16.8 Å². The number of nitrogens with one attached hydrogen (secondary N) is 1. The summed E-state index contributed by atoms with van der Waals surface area (Å²) in [7, 11) is 0. The summed E-state index contributed by atoms with van der Waals surface area (Å²) < 4.78 is 16.4. The van der Waals surface area contributed by atoms with Crippen LogP contribution in [0, 0.1) is 24.1 Å². The van der Waals surface area contributed by atoms with Crippen LogP contribution >= 0.6 is 0 Å². The summed E-state index contributed by atoms with van der Waals surface area (Å²) in [6.07, 6.45) is 7.77. The van der Waals surface area contributed by atoms with Gasteiger partial charge in [-0.2, -0.15) is 5.10 Å². The molecule has 0 radical (unpaired) electrons. The fourth-order valence-electron chi connectivity index (χ4n) is 4.51. The number of imidazole rings is 1. The van der Waals surface area contributed by atoms with Gasteiger partial charge >= 0.3 is 0 Å². The highest BCUT2D eigenvalue weighted by molar-refractivity contribution is 5.87. The lowest BCUT2D eigenvalue weighted by atomic mass is 9.85. The molecule has 1 aromatic carbocycles. The van der Waals surface area contributed by atoms with E-state index in [1.165, 1.54) is 43.6 Å². The molecule has 31 heavy (non-hydrogen) atoms. The quantitative estimate of drug-likeness (QED) is 0.601. The summed E-state index contributed by atoms with van der Waals surface area (Å²) in [5.41, 5.74) is 4.04. The second kappa shape index (κ2) is 8.19. The number of halogens is 1. The predicted molar refractivity (Wildman–Crippen MR) is 118 cm³/mol. The average Bonchev–Trinajstić information content (AvgIpc) is 3.09. The molecule has 0 saturated heterocycles. The Morgan fingerprint density at radius 1 is 1.29 bits per heavy atom. The number of anilines is 1. The van der Waals surface area contributed by atoms with Crippen molar-refractivity contribution in [3.8, 4) is 11.3 Å². The summed E-state index contributed by atoms with van der Waals surface area (Å²) >= 11 is 0.